The van der Waals surface area contributed by atoms with Crippen molar-refractivity contribution in [1.29, 1.82) is 0 Å². The second-order valence-electron chi connectivity index (χ2n) is 5.04. The van der Waals surface area contributed by atoms with Crippen LogP contribution in [0.2, 0.25) is 0 Å². The Labute approximate surface area is 141 Å². The second kappa shape index (κ2) is 8.39. The molecule has 0 amide bonds. The molecule has 0 radical (unpaired) electrons. The molecule has 0 saturated carbocycles. The zero-order valence-corrected chi connectivity index (χ0v) is 14.8. The van der Waals surface area contributed by atoms with Gasteiger partial charge in [0, 0.05) is 9.61 Å². The van der Waals surface area contributed by atoms with Crippen molar-refractivity contribution >= 4 is 22.6 Å². The third-order valence-corrected chi connectivity index (χ3v) is 4.10. The number of hydrogen-bond acceptors (Lipinski definition) is 2. The Morgan fingerprint density at radius 3 is 2.05 bits per heavy atom. The van der Waals surface area contributed by atoms with E-state index in [1.54, 1.807) is 0 Å². The molecule has 0 heterocycles. The van der Waals surface area contributed by atoms with Gasteiger partial charge in [0.1, 0.15) is 11.5 Å². The molecular weight excluding hydrogens is 373 g/mol. The molecule has 0 aliphatic carbocycles. The van der Waals surface area contributed by atoms with Crippen molar-refractivity contribution in [3.63, 3.8) is 0 Å². The molecule has 2 rings (SSSR count). The van der Waals surface area contributed by atoms with Gasteiger partial charge in [-0.05, 0) is 83.9 Å². The van der Waals surface area contributed by atoms with Crippen molar-refractivity contribution < 1.29 is 4.74 Å². The summed E-state index contributed by atoms with van der Waals surface area (Å²) in [6.45, 7) is 5.46. The van der Waals surface area contributed by atoms with Crippen LogP contribution in [0.15, 0.2) is 48.5 Å². The van der Waals surface area contributed by atoms with Crippen LogP contribution in [0.4, 0.5) is 0 Å². The van der Waals surface area contributed by atoms with Crippen LogP contribution in [0, 0.1) is 3.57 Å². The molecule has 1 atom stereocenters. The topological polar surface area (TPSA) is 21.3 Å². The lowest BCUT2D eigenvalue weighted by molar-refractivity contribution is 0.480. The molecule has 0 aromatic heterocycles. The van der Waals surface area contributed by atoms with E-state index in [0.717, 1.165) is 30.9 Å². The normalized spacial score (nSPS) is 12.1. The third-order valence-electron chi connectivity index (χ3n) is 3.38. The third kappa shape index (κ3) is 5.00. The van der Waals surface area contributed by atoms with Crippen molar-refractivity contribution in [3.05, 3.63) is 57.7 Å². The fourth-order valence-electron chi connectivity index (χ4n) is 2.22. The van der Waals surface area contributed by atoms with Crippen LogP contribution in [0.5, 0.6) is 11.5 Å². The molecule has 0 bridgehead atoms. The van der Waals surface area contributed by atoms with E-state index in [1.807, 2.05) is 36.4 Å². The highest BCUT2D eigenvalue weighted by Gasteiger charge is 2.08. The van der Waals surface area contributed by atoms with E-state index in [4.69, 9.17) is 4.74 Å². The largest absolute Gasteiger partial charge is 0.457 e. The van der Waals surface area contributed by atoms with Gasteiger partial charge in [-0.2, -0.15) is 0 Å². The molecule has 1 unspecified atom stereocenters. The Morgan fingerprint density at radius 2 is 1.52 bits per heavy atom. The highest BCUT2D eigenvalue weighted by molar-refractivity contribution is 14.1. The number of nitrogens with one attached hydrogen (secondary N) is 1. The van der Waals surface area contributed by atoms with Gasteiger partial charge in [-0.1, -0.05) is 26.0 Å². The number of benzene rings is 2. The van der Waals surface area contributed by atoms with Gasteiger partial charge in [-0.15, -0.1) is 0 Å². The van der Waals surface area contributed by atoms with Crippen LogP contribution in [0.3, 0.4) is 0 Å². The number of hydrogen-bond donors (Lipinski definition) is 1. The zero-order valence-electron chi connectivity index (χ0n) is 12.6. The maximum atomic E-state index is 5.86. The average Bonchev–Trinajstić information content (AvgIpc) is 2.52. The van der Waals surface area contributed by atoms with Crippen LogP contribution in [-0.4, -0.2) is 6.54 Å². The summed E-state index contributed by atoms with van der Waals surface area (Å²) < 4.78 is 7.07. The predicted molar refractivity (Wildman–Crippen MR) is 97.0 cm³/mol. The van der Waals surface area contributed by atoms with Gasteiger partial charge in [0.05, 0.1) is 0 Å². The lowest BCUT2D eigenvalue weighted by Gasteiger charge is -2.17. The number of halogens is 1. The Morgan fingerprint density at radius 1 is 0.952 bits per heavy atom. The lowest BCUT2D eigenvalue weighted by Crippen LogP contribution is -2.21. The molecular formula is C18H22INO. The van der Waals surface area contributed by atoms with Crippen molar-refractivity contribution in [2.24, 2.45) is 0 Å². The lowest BCUT2D eigenvalue weighted by atomic mass is 10.0. The molecule has 0 aliphatic rings. The molecule has 3 heteroatoms. The second-order valence-corrected chi connectivity index (χ2v) is 6.29. The van der Waals surface area contributed by atoms with Gasteiger partial charge in [0.15, 0.2) is 0 Å². The van der Waals surface area contributed by atoms with Crippen LogP contribution in [0.25, 0.3) is 0 Å². The monoisotopic (exact) mass is 395 g/mol. The molecule has 112 valence electrons. The first-order valence-electron chi connectivity index (χ1n) is 7.49. The van der Waals surface area contributed by atoms with Crippen molar-refractivity contribution in [1.82, 2.24) is 5.32 Å². The molecule has 2 aromatic carbocycles. The highest BCUT2D eigenvalue weighted by Crippen LogP contribution is 2.25. The maximum Gasteiger partial charge on any atom is 0.127 e. The summed E-state index contributed by atoms with van der Waals surface area (Å²) in [6.07, 6.45) is 2.25. The molecule has 2 aromatic rings. The van der Waals surface area contributed by atoms with Crippen LogP contribution < -0.4 is 10.1 Å². The Bertz CT molecular complexity index is 536. The standard InChI is InChI=1S/C18H22INO/c1-3-13-20-18(4-2)14-5-9-16(10-6-14)21-17-11-7-15(19)8-12-17/h5-12,18,20H,3-4,13H2,1-2H3. The van der Waals surface area contributed by atoms with Crippen molar-refractivity contribution in [2.45, 2.75) is 32.7 Å². The van der Waals surface area contributed by atoms with E-state index < -0.39 is 0 Å². The minimum Gasteiger partial charge on any atom is -0.457 e. The predicted octanol–water partition coefficient (Wildman–Crippen LogP) is 5.53. The van der Waals surface area contributed by atoms with Gasteiger partial charge in [-0.25, -0.2) is 0 Å². The summed E-state index contributed by atoms with van der Waals surface area (Å²) >= 11 is 2.29. The minimum atomic E-state index is 0.428. The van der Waals surface area contributed by atoms with E-state index >= 15 is 0 Å². The van der Waals surface area contributed by atoms with E-state index in [9.17, 15) is 0 Å². The van der Waals surface area contributed by atoms with Gasteiger partial charge in [0.25, 0.3) is 0 Å². The van der Waals surface area contributed by atoms with E-state index in [0.29, 0.717) is 6.04 Å². The summed E-state index contributed by atoms with van der Waals surface area (Å²) in [5, 5.41) is 3.57. The summed E-state index contributed by atoms with van der Waals surface area (Å²) in [7, 11) is 0. The van der Waals surface area contributed by atoms with Crippen molar-refractivity contribution in [2.75, 3.05) is 6.54 Å². The zero-order chi connectivity index (χ0) is 15.1. The summed E-state index contributed by atoms with van der Waals surface area (Å²) in [5.41, 5.74) is 1.32. The minimum absolute atomic E-state index is 0.428. The van der Waals surface area contributed by atoms with E-state index in [1.165, 1.54) is 9.13 Å². The van der Waals surface area contributed by atoms with Crippen LogP contribution >= 0.6 is 22.6 Å². The first-order chi connectivity index (χ1) is 10.2. The first kappa shape index (κ1) is 16.3. The Balaban J connectivity index is 2.02. The molecule has 0 aliphatic heterocycles. The van der Waals surface area contributed by atoms with Gasteiger partial charge >= 0.3 is 0 Å². The van der Waals surface area contributed by atoms with Crippen molar-refractivity contribution in [3.8, 4) is 11.5 Å². The van der Waals surface area contributed by atoms with Gasteiger partial charge in [-0.3, -0.25) is 0 Å². The number of rotatable bonds is 7. The molecule has 0 fully saturated rings. The molecule has 0 saturated heterocycles. The maximum absolute atomic E-state index is 5.86. The average molecular weight is 395 g/mol. The van der Waals surface area contributed by atoms with Crippen LogP contribution in [0.1, 0.15) is 38.3 Å². The fourth-order valence-corrected chi connectivity index (χ4v) is 2.58. The summed E-state index contributed by atoms with van der Waals surface area (Å²) in [5.74, 6) is 1.75. The molecule has 21 heavy (non-hydrogen) atoms. The van der Waals surface area contributed by atoms with E-state index in [-0.39, 0.29) is 0 Å². The Kier molecular flexibility index (Phi) is 6.51. The number of ether oxygens (including phenoxy) is 1. The molecule has 0 spiro atoms. The van der Waals surface area contributed by atoms with Gasteiger partial charge in [0.2, 0.25) is 0 Å². The highest BCUT2D eigenvalue weighted by atomic mass is 127. The van der Waals surface area contributed by atoms with Gasteiger partial charge < -0.3 is 10.1 Å². The van der Waals surface area contributed by atoms with E-state index in [2.05, 4.69) is 53.9 Å². The smallest absolute Gasteiger partial charge is 0.127 e. The Hall–Kier alpha value is -1.07. The first-order valence-corrected chi connectivity index (χ1v) is 8.57. The molecule has 1 N–H and O–H groups in total. The quantitative estimate of drug-likeness (QED) is 0.622. The fraction of sp³-hybridized carbons (Fsp3) is 0.333. The van der Waals surface area contributed by atoms with Crippen LogP contribution in [-0.2, 0) is 0 Å². The summed E-state index contributed by atoms with van der Waals surface area (Å²) in [6, 6.07) is 16.9. The summed E-state index contributed by atoms with van der Waals surface area (Å²) in [4.78, 5) is 0. The SMILES string of the molecule is CCCNC(CC)c1ccc(Oc2ccc(I)cc2)cc1. The molecule has 2 nitrogen and oxygen atoms in total.